The number of benzene rings is 1. The summed E-state index contributed by atoms with van der Waals surface area (Å²) in [4.78, 5) is 10.5. The number of carboxylic acid groups (broad SMARTS) is 1. The third-order valence-corrected chi connectivity index (χ3v) is 2.44. The summed E-state index contributed by atoms with van der Waals surface area (Å²) in [6.45, 7) is 0.548. The van der Waals surface area contributed by atoms with Crippen LogP contribution in [0.2, 0.25) is 0 Å². The van der Waals surface area contributed by atoms with E-state index in [0.717, 1.165) is 5.56 Å². The Hall–Kier alpha value is -1.39. The van der Waals surface area contributed by atoms with Crippen LogP contribution in [-0.4, -0.2) is 30.9 Å². The Morgan fingerprint density at radius 1 is 1.40 bits per heavy atom. The predicted molar refractivity (Wildman–Crippen MR) is 52.5 cm³/mol. The van der Waals surface area contributed by atoms with Gasteiger partial charge in [-0.3, -0.25) is 0 Å². The Labute approximate surface area is 87.4 Å². The molecule has 0 amide bonds. The minimum atomic E-state index is -0.961. The largest absolute Gasteiger partial charge is 0.480 e. The average Bonchev–Trinajstić information content (AvgIpc) is 2.17. The molecule has 0 unspecified atom stereocenters. The third kappa shape index (κ3) is 2.00. The molecule has 0 radical (unpaired) electrons. The number of carbonyl (C=O) groups is 1. The summed E-state index contributed by atoms with van der Waals surface area (Å²) in [5, 5.41) is 8.58. The van der Waals surface area contributed by atoms with Crippen LogP contribution >= 0.6 is 0 Å². The van der Waals surface area contributed by atoms with Crippen molar-refractivity contribution in [2.24, 2.45) is 0 Å². The van der Waals surface area contributed by atoms with E-state index >= 15 is 0 Å². The zero-order valence-corrected chi connectivity index (χ0v) is 8.18. The Kier molecular flexibility index (Phi) is 2.70. The van der Waals surface area contributed by atoms with Gasteiger partial charge in [0.25, 0.3) is 0 Å². The molecule has 0 atom stereocenters. The van der Waals surface area contributed by atoms with Crippen LogP contribution in [0.25, 0.3) is 0 Å². The van der Waals surface area contributed by atoms with E-state index in [1.807, 2.05) is 30.3 Å². The monoisotopic (exact) mass is 208 g/mol. The maximum absolute atomic E-state index is 10.5. The molecule has 0 aromatic heterocycles. The van der Waals surface area contributed by atoms with Gasteiger partial charge in [-0.1, -0.05) is 30.3 Å². The van der Waals surface area contributed by atoms with Crippen LogP contribution in [-0.2, 0) is 19.9 Å². The lowest BCUT2D eigenvalue weighted by Gasteiger charge is -2.41. The summed E-state index contributed by atoms with van der Waals surface area (Å²) in [5.74, 6) is -0.961. The summed E-state index contributed by atoms with van der Waals surface area (Å²) in [6, 6.07) is 9.56. The molecule has 1 aromatic carbocycles. The molecule has 1 heterocycles. The van der Waals surface area contributed by atoms with E-state index < -0.39 is 11.6 Å². The van der Waals surface area contributed by atoms with Crippen LogP contribution < -0.4 is 0 Å². The molecule has 1 aliphatic rings. The van der Waals surface area contributed by atoms with Gasteiger partial charge in [0.15, 0.2) is 0 Å². The summed E-state index contributed by atoms with van der Waals surface area (Å²) < 4.78 is 10.5. The van der Waals surface area contributed by atoms with E-state index in [2.05, 4.69) is 0 Å². The zero-order valence-electron chi connectivity index (χ0n) is 8.18. The van der Waals surface area contributed by atoms with Crippen LogP contribution in [0.5, 0.6) is 0 Å². The molecule has 0 saturated carbocycles. The van der Waals surface area contributed by atoms with Crippen molar-refractivity contribution < 1.29 is 19.4 Å². The molecule has 1 aliphatic heterocycles. The van der Waals surface area contributed by atoms with Crippen molar-refractivity contribution in [3.8, 4) is 0 Å². The topological polar surface area (TPSA) is 55.8 Å². The van der Waals surface area contributed by atoms with E-state index in [1.165, 1.54) is 0 Å². The number of hydrogen-bond acceptors (Lipinski definition) is 3. The van der Waals surface area contributed by atoms with Crippen LogP contribution in [0.1, 0.15) is 5.56 Å². The summed E-state index contributed by atoms with van der Waals surface area (Å²) in [7, 11) is 0. The van der Waals surface area contributed by atoms with Gasteiger partial charge in [0.1, 0.15) is 12.2 Å². The van der Waals surface area contributed by atoms with Crippen molar-refractivity contribution in [2.45, 2.75) is 5.60 Å². The average molecular weight is 208 g/mol. The lowest BCUT2D eigenvalue weighted by molar-refractivity contribution is -0.220. The Morgan fingerprint density at radius 3 is 2.53 bits per heavy atom. The second-order valence-electron chi connectivity index (χ2n) is 3.54. The number of rotatable bonds is 4. The Balaban J connectivity index is 2.12. The van der Waals surface area contributed by atoms with Crippen molar-refractivity contribution in [1.82, 2.24) is 0 Å². The molecule has 2 rings (SSSR count). The van der Waals surface area contributed by atoms with E-state index in [9.17, 15) is 4.79 Å². The van der Waals surface area contributed by atoms with Gasteiger partial charge < -0.3 is 14.6 Å². The van der Waals surface area contributed by atoms with E-state index in [-0.39, 0.29) is 6.61 Å². The maximum atomic E-state index is 10.5. The van der Waals surface area contributed by atoms with Crippen molar-refractivity contribution in [3.05, 3.63) is 35.9 Å². The van der Waals surface area contributed by atoms with Gasteiger partial charge >= 0.3 is 5.97 Å². The van der Waals surface area contributed by atoms with Crippen molar-refractivity contribution >= 4 is 5.97 Å². The molecule has 80 valence electrons. The highest BCUT2D eigenvalue weighted by atomic mass is 16.6. The first kappa shape index (κ1) is 10.1. The van der Waals surface area contributed by atoms with Crippen molar-refractivity contribution in [1.29, 1.82) is 0 Å². The molecular weight excluding hydrogens is 196 g/mol. The molecular formula is C11H12O4. The Bertz CT molecular complexity index is 343. The third-order valence-electron chi connectivity index (χ3n) is 2.44. The fourth-order valence-corrected chi connectivity index (χ4v) is 1.56. The van der Waals surface area contributed by atoms with Crippen LogP contribution in [0.3, 0.4) is 0 Å². The molecule has 1 aromatic rings. The van der Waals surface area contributed by atoms with Crippen LogP contribution in [0.15, 0.2) is 30.3 Å². The number of aliphatic carboxylic acids is 1. The molecule has 4 heteroatoms. The standard InChI is InChI=1S/C11H12O4/c12-10(13)6-15-11(7-14-8-11)9-4-2-1-3-5-9/h1-5H,6-8H2,(H,12,13). The second-order valence-corrected chi connectivity index (χ2v) is 3.54. The van der Waals surface area contributed by atoms with Crippen molar-refractivity contribution in [2.75, 3.05) is 19.8 Å². The summed E-state index contributed by atoms with van der Waals surface area (Å²) in [6.07, 6.45) is 0. The van der Waals surface area contributed by atoms with Gasteiger partial charge in [0, 0.05) is 0 Å². The Morgan fingerprint density at radius 2 is 2.07 bits per heavy atom. The second kappa shape index (κ2) is 4.00. The first-order chi connectivity index (χ1) is 7.23. The van der Waals surface area contributed by atoms with Gasteiger partial charge in [-0.15, -0.1) is 0 Å². The highest BCUT2D eigenvalue weighted by Gasteiger charge is 2.41. The van der Waals surface area contributed by atoms with E-state index in [0.29, 0.717) is 13.2 Å². The van der Waals surface area contributed by atoms with Gasteiger partial charge in [-0.2, -0.15) is 0 Å². The minimum absolute atomic E-state index is 0.293. The number of carboxylic acids is 1. The number of hydrogen-bond donors (Lipinski definition) is 1. The fraction of sp³-hybridized carbons (Fsp3) is 0.364. The normalized spacial score (nSPS) is 18.1. The molecule has 0 bridgehead atoms. The number of ether oxygens (including phenoxy) is 2. The minimum Gasteiger partial charge on any atom is -0.480 e. The highest BCUT2D eigenvalue weighted by molar-refractivity contribution is 5.68. The van der Waals surface area contributed by atoms with Crippen molar-refractivity contribution in [3.63, 3.8) is 0 Å². The lowest BCUT2D eigenvalue weighted by atomic mass is 9.92. The molecule has 0 spiro atoms. The highest BCUT2D eigenvalue weighted by Crippen LogP contribution is 2.33. The fourth-order valence-electron chi connectivity index (χ4n) is 1.56. The van der Waals surface area contributed by atoms with E-state index in [1.54, 1.807) is 0 Å². The van der Waals surface area contributed by atoms with Crippen LogP contribution in [0, 0.1) is 0 Å². The SMILES string of the molecule is O=C(O)COC1(c2ccccc2)COC1. The van der Waals surface area contributed by atoms with Gasteiger partial charge in [-0.05, 0) is 5.56 Å². The van der Waals surface area contributed by atoms with Gasteiger partial charge in [0.05, 0.1) is 13.2 Å². The van der Waals surface area contributed by atoms with Crippen LogP contribution in [0.4, 0.5) is 0 Å². The smallest absolute Gasteiger partial charge is 0.329 e. The molecule has 15 heavy (non-hydrogen) atoms. The van der Waals surface area contributed by atoms with Gasteiger partial charge in [0.2, 0.25) is 0 Å². The molecule has 1 N–H and O–H groups in total. The summed E-state index contributed by atoms with van der Waals surface area (Å²) in [5.41, 5.74) is 0.414. The zero-order chi connectivity index (χ0) is 10.7. The maximum Gasteiger partial charge on any atom is 0.329 e. The molecule has 1 fully saturated rings. The lowest BCUT2D eigenvalue weighted by Crippen LogP contribution is -2.49. The quantitative estimate of drug-likeness (QED) is 0.802. The first-order valence-corrected chi connectivity index (χ1v) is 4.72. The molecule has 4 nitrogen and oxygen atoms in total. The predicted octanol–water partition coefficient (Wildman–Crippen LogP) is 1.01. The van der Waals surface area contributed by atoms with Gasteiger partial charge in [-0.25, -0.2) is 4.79 Å². The first-order valence-electron chi connectivity index (χ1n) is 4.72. The molecule has 0 aliphatic carbocycles. The molecule has 1 saturated heterocycles. The summed E-state index contributed by atoms with van der Waals surface area (Å²) >= 11 is 0. The van der Waals surface area contributed by atoms with E-state index in [4.69, 9.17) is 14.6 Å².